The van der Waals surface area contributed by atoms with Crippen molar-refractivity contribution in [1.82, 2.24) is 14.5 Å². The standard InChI is InChI=1S/C46H27N3S2/c1-3-14-28(15-4-1)35-27-36(48-46(47-35)29-16-5-2-6-17-29)30-18-13-19-31(26-30)49-37-23-10-7-20-32(37)42-43(49)45-41(34-22-9-12-25-39(34)51-45)40-33-21-8-11-24-38(33)50-44(40)42/h1-27H. The Kier molecular flexibility index (Phi) is 6.29. The second-order valence-corrected chi connectivity index (χ2v) is 15.0. The Morgan fingerprint density at radius 3 is 1.69 bits per heavy atom. The lowest BCUT2D eigenvalue weighted by Gasteiger charge is -2.13. The first-order valence-electron chi connectivity index (χ1n) is 17.1. The zero-order valence-electron chi connectivity index (χ0n) is 27.2. The van der Waals surface area contributed by atoms with Crippen molar-refractivity contribution in [2.45, 2.75) is 0 Å². The second-order valence-electron chi connectivity index (χ2n) is 12.9. The Balaban J connectivity index is 1.23. The molecule has 11 rings (SSSR count). The Bertz CT molecular complexity index is 3080. The predicted molar refractivity (Wildman–Crippen MR) is 218 cm³/mol. The molecule has 3 nitrogen and oxygen atoms in total. The minimum atomic E-state index is 0.716. The van der Waals surface area contributed by atoms with Gasteiger partial charge in [-0.25, -0.2) is 9.97 Å². The molecule has 238 valence electrons. The van der Waals surface area contributed by atoms with Crippen molar-refractivity contribution in [3.05, 3.63) is 164 Å². The summed E-state index contributed by atoms with van der Waals surface area (Å²) in [5.74, 6) is 0.716. The van der Waals surface area contributed by atoms with Crippen LogP contribution < -0.4 is 0 Å². The minimum Gasteiger partial charge on any atom is -0.308 e. The smallest absolute Gasteiger partial charge is 0.160 e. The van der Waals surface area contributed by atoms with E-state index in [4.69, 9.17) is 9.97 Å². The summed E-state index contributed by atoms with van der Waals surface area (Å²) < 4.78 is 7.80. The Labute approximate surface area is 301 Å². The Morgan fingerprint density at radius 2 is 0.961 bits per heavy atom. The summed E-state index contributed by atoms with van der Waals surface area (Å²) in [6, 6.07) is 58.3. The third kappa shape index (κ3) is 4.35. The predicted octanol–water partition coefficient (Wildman–Crippen LogP) is 13.3. The molecule has 0 saturated carbocycles. The first-order valence-corrected chi connectivity index (χ1v) is 18.7. The molecule has 0 radical (unpaired) electrons. The minimum absolute atomic E-state index is 0.716. The highest BCUT2D eigenvalue weighted by Gasteiger charge is 2.24. The number of para-hydroxylation sites is 1. The number of benzene rings is 7. The van der Waals surface area contributed by atoms with Gasteiger partial charge in [-0.2, -0.15) is 0 Å². The summed E-state index contributed by atoms with van der Waals surface area (Å²) >= 11 is 3.82. The lowest BCUT2D eigenvalue weighted by molar-refractivity contribution is 1.17. The highest BCUT2D eigenvalue weighted by molar-refractivity contribution is 7.29. The average Bonchev–Trinajstić information content (AvgIpc) is 3.88. The van der Waals surface area contributed by atoms with Crippen LogP contribution in [0, 0.1) is 0 Å². The zero-order chi connectivity index (χ0) is 33.5. The van der Waals surface area contributed by atoms with Gasteiger partial charge >= 0.3 is 0 Å². The molecule has 0 spiro atoms. The van der Waals surface area contributed by atoms with Crippen molar-refractivity contribution in [1.29, 1.82) is 0 Å². The summed E-state index contributed by atoms with van der Waals surface area (Å²) in [7, 11) is 0. The van der Waals surface area contributed by atoms with E-state index in [1.54, 1.807) is 0 Å². The van der Waals surface area contributed by atoms with E-state index in [1.165, 1.54) is 62.2 Å². The van der Waals surface area contributed by atoms with Gasteiger partial charge in [-0.3, -0.25) is 0 Å². The summed E-state index contributed by atoms with van der Waals surface area (Å²) in [6.45, 7) is 0. The van der Waals surface area contributed by atoms with Crippen LogP contribution in [0.2, 0.25) is 0 Å². The van der Waals surface area contributed by atoms with Gasteiger partial charge in [-0.05, 0) is 36.4 Å². The molecule has 0 N–H and O–H groups in total. The van der Waals surface area contributed by atoms with Crippen LogP contribution in [0.25, 0.3) is 102 Å². The molecule has 4 heterocycles. The summed E-state index contributed by atoms with van der Waals surface area (Å²) in [5, 5.41) is 7.97. The topological polar surface area (TPSA) is 30.7 Å². The maximum absolute atomic E-state index is 5.17. The molecule has 0 aliphatic heterocycles. The van der Waals surface area contributed by atoms with Crippen molar-refractivity contribution in [2.75, 3.05) is 0 Å². The van der Waals surface area contributed by atoms with E-state index in [1.807, 2.05) is 46.9 Å². The van der Waals surface area contributed by atoms with Gasteiger partial charge in [0, 0.05) is 68.8 Å². The van der Waals surface area contributed by atoms with Gasteiger partial charge in [0.25, 0.3) is 0 Å². The summed E-state index contributed by atoms with van der Waals surface area (Å²) in [5.41, 5.74) is 8.48. The van der Waals surface area contributed by atoms with Crippen LogP contribution in [-0.4, -0.2) is 14.5 Å². The molecule has 5 heteroatoms. The molecule has 0 aliphatic carbocycles. The number of nitrogens with zero attached hydrogens (tertiary/aromatic N) is 3. The maximum Gasteiger partial charge on any atom is 0.160 e. The normalized spacial score (nSPS) is 11.9. The van der Waals surface area contributed by atoms with Crippen LogP contribution in [-0.2, 0) is 0 Å². The van der Waals surface area contributed by atoms with Gasteiger partial charge in [-0.15, -0.1) is 22.7 Å². The van der Waals surface area contributed by atoms with Crippen molar-refractivity contribution < 1.29 is 0 Å². The molecule has 0 fully saturated rings. The van der Waals surface area contributed by atoms with Crippen molar-refractivity contribution in [3.8, 4) is 39.6 Å². The highest BCUT2D eigenvalue weighted by atomic mass is 32.1. The summed E-state index contributed by atoms with van der Waals surface area (Å²) in [4.78, 5) is 10.2. The molecular formula is C46H27N3S2. The number of rotatable bonds is 4. The Morgan fingerprint density at radius 1 is 0.412 bits per heavy atom. The van der Waals surface area contributed by atoms with Gasteiger partial charge < -0.3 is 4.57 Å². The lowest BCUT2D eigenvalue weighted by atomic mass is 10.0. The van der Waals surface area contributed by atoms with E-state index in [-0.39, 0.29) is 0 Å². The molecule has 4 aromatic heterocycles. The second kappa shape index (κ2) is 11.2. The molecule has 0 unspecified atom stereocenters. The Hall–Kier alpha value is -6.14. The van der Waals surface area contributed by atoms with Gasteiger partial charge in [0.05, 0.1) is 27.1 Å². The maximum atomic E-state index is 5.17. The molecule has 7 aromatic carbocycles. The SMILES string of the molecule is c1ccc(-c2cc(-c3cccc(-n4c5ccccc5c5c6sc7ccccc7c6c6c7ccccc7sc6c54)c3)nc(-c3ccccc3)n2)cc1. The first kappa shape index (κ1) is 28.7. The fraction of sp³-hybridized carbons (Fsp3) is 0. The van der Waals surface area contributed by atoms with Crippen molar-refractivity contribution >= 4 is 84.8 Å². The lowest BCUT2D eigenvalue weighted by Crippen LogP contribution is -1.98. The number of hydrogen-bond donors (Lipinski definition) is 0. The molecule has 0 saturated heterocycles. The molecule has 51 heavy (non-hydrogen) atoms. The van der Waals surface area contributed by atoms with E-state index >= 15 is 0 Å². The van der Waals surface area contributed by atoms with E-state index in [0.717, 1.165) is 33.8 Å². The third-order valence-electron chi connectivity index (χ3n) is 9.99. The van der Waals surface area contributed by atoms with E-state index in [0.29, 0.717) is 5.82 Å². The fourth-order valence-electron chi connectivity index (χ4n) is 7.76. The van der Waals surface area contributed by atoms with Crippen LogP contribution in [0.15, 0.2) is 164 Å². The van der Waals surface area contributed by atoms with Crippen LogP contribution in [0.4, 0.5) is 0 Å². The highest BCUT2D eigenvalue weighted by Crippen LogP contribution is 2.52. The van der Waals surface area contributed by atoms with Crippen LogP contribution in [0.1, 0.15) is 0 Å². The van der Waals surface area contributed by atoms with E-state index < -0.39 is 0 Å². The van der Waals surface area contributed by atoms with Crippen molar-refractivity contribution in [2.24, 2.45) is 0 Å². The molecular weight excluding hydrogens is 659 g/mol. The van der Waals surface area contributed by atoms with E-state index in [2.05, 4.69) is 144 Å². The third-order valence-corrected chi connectivity index (χ3v) is 12.4. The van der Waals surface area contributed by atoms with Crippen LogP contribution in [0.3, 0.4) is 0 Å². The number of fused-ring (bicyclic) bond motifs is 12. The molecule has 0 amide bonds. The molecule has 11 aromatic rings. The number of thiophene rings is 2. The summed E-state index contributed by atoms with van der Waals surface area (Å²) in [6.07, 6.45) is 0. The fourth-order valence-corrected chi connectivity index (χ4v) is 10.3. The molecule has 0 aliphatic rings. The molecule has 0 bridgehead atoms. The number of hydrogen-bond acceptors (Lipinski definition) is 4. The average molecular weight is 686 g/mol. The van der Waals surface area contributed by atoms with E-state index in [9.17, 15) is 0 Å². The quantitative estimate of drug-likeness (QED) is 0.185. The monoisotopic (exact) mass is 685 g/mol. The number of aromatic nitrogens is 3. The van der Waals surface area contributed by atoms with Gasteiger partial charge in [0.15, 0.2) is 5.82 Å². The zero-order valence-corrected chi connectivity index (χ0v) is 28.9. The van der Waals surface area contributed by atoms with Gasteiger partial charge in [-0.1, -0.05) is 127 Å². The van der Waals surface area contributed by atoms with Crippen LogP contribution in [0.5, 0.6) is 0 Å². The van der Waals surface area contributed by atoms with Gasteiger partial charge in [0.2, 0.25) is 0 Å². The van der Waals surface area contributed by atoms with Crippen LogP contribution >= 0.6 is 22.7 Å². The largest absolute Gasteiger partial charge is 0.308 e. The first-order chi connectivity index (χ1) is 25.3. The molecule has 0 atom stereocenters. The van der Waals surface area contributed by atoms with Gasteiger partial charge in [0.1, 0.15) is 0 Å². The van der Waals surface area contributed by atoms with Crippen molar-refractivity contribution in [3.63, 3.8) is 0 Å².